The molecule has 1 aliphatic rings. The van der Waals surface area contributed by atoms with E-state index in [0.717, 1.165) is 37.1 Å². The lowest BCUT2D eigenvalue weighted by atomic mass is 9.92. The number of hydrogen-bond acceptors (Lipinski definition) is 3. The second kappa shape index (κ2) is 6.27. The van der Waals surface area contributed by atoms with Crippen molar-refractivity contribution in [2.75, 3.05) is 13.7 Å². The van der Waals surface area contributed by atoms with E-state index in [0.29, 0.717) is 0 Å². The highest BCUT2D eigenvalue weighted by Crippen LogP contribution is 2.27. The molecule has 0 aromatic heterocycles. The van der Waals surface area contributed by atoms with Gasteiger partial charge in [0, 0.05) is 5.56 Å². The lowest BCUT2D eigenvalue weighted by Crippen LogP contribution is -2.53. The molecule has 0 aliphatic carbocycles. The second-order valence-electron chi connectivity index (χ2n) is 5.40. The van der Waals surface area contributed by atoms with E-state index in [1.165, 1.54) is 0 Å². The van der Waals surface area contributed by atoms with E-state index in [9.17, 15) is 4.79 Å². The van der Waals surface area contributed by atoms with Gasteiger partial charge in [-0.15, -0.1) is 0 Å². The zero-order valence-corrected chi connectivity index (χ0v) is 12.5. The molecule has 1 saturated heterocycles. The summed E-state index contributed by atoms with van der Waals surface area (Å²) in [5, 5.41) is 6.48. The molecule has 4 heteroatoms. The zero-order chi connectivity index (χ0) is 14.6. The Morgan fingerprint density at radius 1 is 1.50 bits per heavy atom. The van der Waals surface area contributed by atoms with Crippen LogP contribution in [0.3, 0.4) is 0 Å². The summed E-state index contributed by atoms with van der Waals surface area (Å²) < 4.78 is 5.36. The first-order valence-corrected chi connectivity index (χ1v) is 7.32. The third kappa shape index (κ3) is 2.80. The van der Waals surface area contributed by atoms with Gasteiger partial charge in [-0.2, -0.15) is 0 Å². The normalized spacial score (nSPS) is 23.4. The molecule has 1 aromatic carbocycles. The number of para-hydroxylation sites is 1. The molecule has 2 atom stereocenters. The van der Waals surface area contributed by atoms with E-state index in [4.69, 9.17) is 4.74 Å². The van der Waals surface area contributed by atoms with Crippen molar-refractivity contribution in [3.8, 4) is 5.75 Å². The molecule has 2 N–H and O–H groups in total. The Hall–Kier alpha value is -1.55. The van der Waals surface area contributed by atoms with Crippen molar-refractivity contribution in [1.29, 1.82) is 0 Å². The van der Waals surface area contributed by atoms with Crippen molar-refractivity contribution < 1.29 is 9.53 Å². The molecule has 110 valence electrons. The first-order valence-electron chi connectivity index (χ1n) is 7.32. The van der Waals surface area contributed by atoms with E-state index in [1.807, 2.05) is 31.2 Å². The average Bonchev–Trinajstić information content (AvgIpc) is 2.97. The molecule has 20 heavy (non-hydrogen) atoms. The number of nitrogens with one attached hydrogen (secondary N) is 2. The number of methoxy groups -OCH3 is 1. The summed E-state index contributed by atoms with van der Waals surface area (Å²) in [6, 6.07) is 7.74. The van der Waals surface area contributed by atoms with E-state index < -0.39 is 5.54 Å². The van der Waals surface area contributed by atoms with Gasteiger partial charge >= 0.3 is 0 Å². The fourth-order valence-corrected chi connectivity index (χ4v) is 2.90. The van der Waals surface area contributed by atoms with Gasteiger partial charge in [0.2, 0.25) is 5.91 Å². The summed E-state index contributed by atoms with van der Waals surface area (Å²) in [6.45, 7) is 4.98. The fraction of sp³-hybridized carbons (Fsp3) is 0.562. The van der Waals surface area contributed by atoms with Crippen molar-refractivity contribution in [2.24, 2.45) is 0 Å². The van der Waals surface area contributed by atoms with Crippen LogP contribution in [0.25, 0.3) is 0 Å². The smallest absolute Gasteiger partial charge is 0.240 e. The highest BCUT2D eigenvalue weighted by molar-refractivity contribution is 5.87. The molecule has 0 spiro atoms. The number of carbonyl (C=O) groups is 1. The Kier molecular flexibility index (Phi) is 4.65. The maximum Gasteiger partial charge on any atom is 0.240 e. The SMILES string of the molecule is CCC1(C(=O)N[C@@H](C)c2ccccc2OC)CCCN1. The van der Waals surface area contributed by atoms with Crippen LogP contribution < -0.4 is 15.4 Å². The van der Waals surface area contributed by atoms with Gasteiger partial charge in [-0.1, -0.05) is 25.1 Å². The third-order valence-corrected chi connectivity index (χ3v) is 4.23. The van der Waals surface area contributed by atoms with E-state index in [-0.39, 0.29) is 11.9 Å². The van der Waals surface area contributed by atoms with Crippen LogP contribution >= 0.6 is 0 Å². The summed E-state index contributed by atoms with van der Waals surface area (Å²) in [5.41, 5.74) is 0.614. The molecule has 1 heterocycles. The highest BCUT2D eigenvalue weighted by Gasteiger charge is 2.39. The van der Waals surface area contributed by atoms with Gasteiger partial charge in [0.15, 0.2) is 0 Å². The van der Waals surface area contributed by atoms with Gasteiger partial charge in [0.1, 0.15) is 5.75 Å². The minimum Gasteiger partial charge on any atom is -0.496 e. The van der Waals surface area contributed by atoms with Gasteiger partial charge in [0.25, 0.3) is 0 Å². The minimum absolute atomic E-state index is 0.0653. The number of carbonyl (C=O) groups excluding carboxylic acids is 1. The van der Waals surface area contributed by atoms with Crippen LogP contribution in [-0.4, -0.2) is 25.1 Å². The molecular weight excluding hydrogens is 252 g/mol. The zero-order valence-electron chi connectivity index (χ0n) is 12.5. The second-order valence-corrected chi connectivity index (χ2v) is 5.40. The van der Waals surface area contributed by atoms with Crippen LogP contribution in [0.2, 0.25) is 0 Å². The number of amides is 1. The third-order valence-electron chi connectivity index (χ3n) is 4.23. The van der Waals surface area contributed by atoms with Crippen LogP contribution in [0.15, 0.2) is 24.3 Å². The van der Waals surface area contributed by atoms with E-state index >= 15 is 0 Å². The molecule has 4 nitrogen and oxygen atoms in total. The summed E-state index contributed by atoms with van der Waals surface area (Å²) in [4.78, 5) is 12.6. The fourth-order valence-electron chi connectivity index (χ4n) is 2.90. The Morgan fingerprint density at radius 2 is 2.25 bits per heavy atom. The molecule has 2 rings (SSSR count). The Morgan fingerprint density at radius 3 is 2.85 bits per heavy atom. The van der Waals surface area contributed by atoms with Crippen LogP contribution in [0.1, 0.15) is 44.7 Å². The molecular formula is C16H24N2O2. The largest absolute Gasteiger partial charge is 0.496 e. The van der Waals surface area contributed by atoms with Gasteiger partial charge in [-0.25, -0.2) is 0 Å². The predicted molar refractivity (Wildman–Crippen MR) is 79.8 cm³/mol. The quantitative estimate of drug-likeness (QED) is 0.868. The summed E-state index contributed by atoms with van der Waals surface area (Å²) >= 11 is 0. The van der Waals surface area contributed by atoms with E-state index in [1.54, 1.807) is 7.11 Å². The summed E-state index contributed by atoms with van der Waals surface area (Å²) in [7, 11) is 1.65. The molecule has 0 saturated carbocycles. The molecule has 1 amide bonds. The predicted octanol–water partition coefficient (Wildman–Crippen LogP) is 2.40. The first-order chi connectivity index (χ1) is 9.63. The van der Waals surface area contributed by atoms with E-state index in [2.05, 4.69) is 17.6 Å². The summed E-state index contributed by atoms with van der Waals surface area (Å²) in [6.07, 6.45) is 2.79. The standard InChI is InChI=1S/C16H24N2O2/c1-4-16(10-7-11-17-16)15(19)18-12(2)13-8-5-6-9-14(13)20-3/h5-6,8-9,12,17H,4,7,10-11H2,1-3H3,(H,18,19)/t12-,16?/m0/s1. The Balaban J connectivity index is 2.11. The van der Waals surface area contributed by atoms with Crippen LogP contribution in [0.5, 0.6) is 5.75 Å². The van der Waals surface area contributed by atoms with Crippen LogP contribution in [0, 0.1) is 0 Å². The maximum atomic E-state index is 12.6. The Bertz CT molecular complexity index is 467. The lowest BCUT2D eigenvalue weighted by Gasteiger charge is -2.29. The topological polar surface area (TPSA) is 50.4 Å². The van der Waals surface area contributed by atoms with Crippen molar-refractivity contribution >= 4 is 5.91 Å². The van der Waals surface area contributed by atoms with Gasteiger partial charge < -0.3 is 15.4 Å². The average molecular weight is 276 g/mol. The molecule has 0 radical (unpaired) electrons. The van der Waals surface area contributed by atoms with Gasteiger partial charge in [-0.05, 0) is 38.8 Å². The van der Waals surface area contributed by atoms with Gasteiger partial charge in [-0.3, -0.25) is 4.79 Å². The molecule has 0 bridgehead atoms. The lowest BCUT2D eigenvalue weighted by molar-refractivity contribution is -0.128. The molecule has 1 aliphatic heterocycles. The minimum atomic E-state index is -0.393. The van der Waals surface area contributed by atoms with Crippen LogP contribution in [0.4, 0.5) is 0 Å². The molecule has 1 aromatic rings. The van der Waals surface area contributed by atoms with Crippen LogP contribution in [-0.2, 0) is 4.79 Å². The Labute approximate surface area is 120 Å². The summed E-state index contributed by atoms with van der Waals surface area (Å²) in [5.74, 6) is 0.904. The maximum absolute atomic E-state index is 12.6. The van der Waals surface area contributed by atoms with Crippen molar-refractivity contribution in [3.63, 3.8) is 0 Å². The number of benzene rings is 1. The van der Waals surface area contributed by atoms with Crippen molar-refractivity contribution in [2.45, 2.75) is 44.7 Å². The molecule has 1 unspecified atom stereocenters. The number of hydrogen-bond donors (Lipinski definition) is 2. The first kappa shape index (κ1) is 14.9. The van der Waals surface area contributed by atoms with Crippen molar-refractivity contribution in [1.82, 2.24) is 10.6 Å². The highest BCUT2D eigenvalue weighted by atomic mass is 16.5. The monoisotopic (exact) mass is 276 g/mol. The molecule has 1 fully saturated rings. The number of ether oxygens (including phenoxy) is 1. The van der Waals surface area contributed by atoms with Gasteiger partial charge in [0.05, 0.1) is 18.7 Å². The van der Waals surface area contributed by atoms with Crippen molar-refractivity contribution in [3.05, 3.63) is 29.8 Å². The number of rotatable bonds is 5.